The minimum atomic E-state index is 0.627. The second-order valence-corrected chi connectivity index (χ2v) is 5.09. The Morgan fingerprint density at radius 2 is 1.78 bits per heavy atom. The van der Waals surface area contributed by atoms with E-state index in [1.54, 1.807) is 12.4 Å². The summed E-state index contributed by atoms with van der Waals surface area (Å²) in [7, 11) is 0. The first-order valence-electron chi connectivity index (χ1n) is 7.29. The summed E-state index contributed by atoms with van der Waals surface area (Å²) in [6, 6.07) is 13.6. The van der Waals surface area contributed by atoms with E-state index in [0.29, 0.717) is 6.54 Å². The first kappa shape index (κ1) is 13.4. The van der Waals surface area contributed by atoms with Gasteiger partial charge >= 0.3 is 0 Å². The summed E-state index contributed by atoms with van der Waals surface area (Å²) in [5.74, 6) is 0.719. The fourth-order valence-corrected chi connectivity index (χ4v) is 2.39. The van der Waals surface area contributed by atoms with Gasteiger partial charge in [0.2, 0.25) is 0 Å². The lowest BCUT2D eigenvalue weighted by Crippen LogP contribution is -2.05. The molecule has 3 heterocycles. The van der Waals surface area contributed by atoms with Gasteiger partial charge in [-0.05, 0) is 29.8 Å². The van der Waals surface area contributed by atoms with Crippen molar-refractivity contribution in [1.29, 1.82) is 0 Å². The van der Waals surface area contributed by atoms with Gasteiger partial charge in [-0.1, -0.05) is 18.2 Å². The Morgan fingerprint density at radius 3 is 2.52 bits per heavy atom. The lowest BCUT2D eigenvalue weighted by Gasteiger charge is -2.10. The van der Waals surface area contributed by atoms with Crippen LogP contribution in [0.15, 0.2) is 61.1 Å². The van der Waals surface area contributed by atoms with Gasteiger partial charge in [-0.3, -0.25) is 10.1 Å². The molecule has 0 saturated carbocycles. The molecule has 0 bridgehead atoms. The van der Waals surface area contributed by atoms with E-state index in [1.807, 2.05) is 48.7 Å². The van der Waals surface area contributed by atoms with Crippen LogP contribution in [0.5, 0.6) is 0 Å². The van der Waals surface area contributed by atoms with E-state index in [4.69, 9.17) is 9.97 Å². The Balaban J connectivity index is 1.75. The highest BCUT2D eigenvalue weighted by molar-refractivity contribution is 5.82. The van der Waals surface area contributed by atoms with Crippen molar-refractivity contribution in [2.75, 3.05) is 5.32 Å². The molecule has 4 rings (SSSR count). The van der Waals surface area contributed by atoms with Gasteiger partial charge < -0.3 is 5.32 Å². The van der Waals surface area contributed by atoms with E-state index in [-0.39, 0.29) is 0 Å². The molecule has 0 radical (unpaired) electrons. The monoisotopic (exact) mass is 302 g/mol. The number of aromatic amines is 1. The average molecular weight is 302 g/mol. The van der Waals surface area contributed by atoms with E-state index in [1.165, 1.54) is 0 Å². The molecule has 0 spiro atoms. The third kappa shape index (κ3) is 2.74. The second-order valence-electron chi connectivity index (χ2n) is 5.09. The zero-order chi connectivity index (χ0) is 15.5. The number of rotatable bonds is 4. The van der Waals surface area contributed by atoms with Crippen molar-refractivity contribution in [3.63, 3.8) is 0 Å². The van der Waals surface area contributed by atoms with Gasteiger partial charge in [-0.25, -0.2) is 9.97 Å². The smallest absolute Gasteiger partial charge is 0.155 e. The SMILES string of the molecule is c1cncc(CNc2nc3ccccc3nc2-c2ccn[nH]2)c1. The molecule has 0 amide bonds. The van der Waals surface area contributed by atoms with Gasteiger partial charge in [-0.2, -0.15) is 5.10 Å². The van der Waals surface area contributed by atoms with Crippen molar-refractivity contribution in [3.05, 3.63) is 66.6 Å². The number of para-hydroxylation sites is 2. The van der Waals surface area contributed by atoms with Crippen molar-refractivity contribution in [3.8, 4) is 11.4 Å². The van der Waals surface area contributed by atoms with Crippen LogP contribution < -0.4 is 5.32 Å². The van der Waals surface area contributed by atoms with Crippen LogP contribution in [0.1, 0.15) is 5.56 Å². The highest BCUT2D eigenvalue weighted by atomic mass is 15.1. The molecule has 0 aliphatic heterocycles. The maximum Gasteiger partial charge on any atom is 0.155 e. The third-order valence-corrected chi connectivity index (χ3v) is 3.51. The van der Waals surface area contributed by atoms with Crippen LogP contribution in [0, 0.1) is 0 Å². The van der Waals surface area contributed by atoms with Crippen LogP contribution in [0.2, 0.25) is 0 Å². The molecule has 6 nitrogen and oxygen atoms in total. The fraction of sp³-hybridized carbons (Fsp3) is 0.0588. The number of hydrogen-bond acceptors (Lipinski definition) is 5. The van der Waals surface area contributed by atoms with Gasteiger partial charge in [0.05, 0.1) is 16.7 Å². The van der Waals surface area contributed by atoms with Gasteiger partial charge in [0.15, 0.2) is 5.82 Å². The molecule has 0 saturated heterocycles. The van der Waals surface area contributed by atoms with E-state index in [0.717, 1.165) is 33.8 Å². The maximum absolute atomic E-state index is 4.72. The minimum absolute atomic E-state index is 0.627. The van der Waals surface area contributed by atoms with E-state index >= 15 is 0 Å². The molecule has 1 aromatic carbocycles. The van der Waals surface area contributed by atoms with E-state index in [9.17, 15) is 0 Å². The predicted octanol–water partition coefficient (Wildman–Crippen LogP) is 3.03. The summed E-state index contributed by atoms with van der Waals surface area (Å²) in [5.41, 5.74) is 4.37. The minimum Gasteiger partial charge on any atom is -0.364 e. The number of fused-ring (bicyclic) bond motifs is 1. The first-order valence-corrected chi connectivity index (χ1v) is 7.29. The number of benzene rings is 1. The maximum atomic E-state index is 4.72. The van der Waals surface area contributed by atoms with Crippen molar-refractivity contribution in [1.82, 2.24) is 25.1 Å². The number of aromatic nitrogens is 5. The molecule has 0 aliphatic rings. The number of anilines is 1. The summed E-state index contributed by atoms with van der Waals surface area (Å²) < 4.78 is 0. The molecular formula is C17H14N6. The first-order chi connectivity index (χ1) is 11.4. The standard InChI is InChI=1S/C17H14N6/c1-2-6-14-13(5-1)21-16(15-7-9-20-23-15)17(22-14)19-11-12-4-3-8-18-10-12/h1-10H,11H2,(H,19,22)(H,20,23). The molecule has 4 aromatic rings. The predicted molar refractivity (Wildman–Crippen MR) is 88.7 cm³/mol. The Bertz CT molecular complexity index is 918. The summed E-state index contributed by atoms with van der Waals surface area (Å²) >= 11 is 0. The number of H-pyrrole nitrogens is 1. The Hall–Kier alpha value is -3.28. The molecule has 112 valence electrons. The van der Waals surface area contributed by atoms with Crippen LogP contribution in [0.25, 0.3) is 22.4 Å². The largest absolute Gasteiger partial charge is 0.364 e. The van der Waals surface area contributed by atoms with Crippen LogP contribution in [-0.2, 0) is 6.54 Å². The Labute approximate surface area is 132 Å². The summed E-state index contributed by atoms with van der Waals surface area (Å²) in [4.78, 5) is 13.5. The molecule has 3 aromatic heterocycles. The van der Waals surface area contributed by atoms with Gasteiger partial charge in [0.25, 0.3) is 0 Å². The van der Waals surface area contributed by atoms with Crippen LogP contribution in [0.4, 0.5) is 5.82 Å². The highest BCUT2D eigenvalue weighted by Crippen LogP contribution is 2.25. The topological polar surface area (TPSA) is 79.4 Å². The van der Waals surface area contributed by atoms with Crippen LogP contribution in [0.3, 0.4) is 0 Å². The molecule has 0 fully saturated rings. The Morgan fingerprint density at radius 1 is 0.913 bits per heavy atom. The third-order valence-electron chi connectivity index (χ3n) is 3.51. The fourth-order valence-electron chi connectivity index (χ4n) is 2.39. The quantitative estimate of drug-likeness (QED) is 0.606. The molecule has 0 atom stereocenters. The number of hydrogen-bond donors (Lipinski definition) is 2. The number of pyridine rings is 1. The molecule has 6 heteroatoms. The van der Waals surface area contributed by atoms with Gasteiger partial charge in [0, 0.05) is 25.1 Å². The van der Waals surface area contributed by atoms with Crippen molar-refractivity contribution < 1.29 is 0 Å². The summed E-state index contributed by atoms with van der Waals surface area (Å²) in [6.45, 7) is 0.627. The van der Waals surface area contributed by atoms with Crippen LogP contribution in [-0.4, -0.2) is 25.1 Å². The van der Waals surface area contributed by atoms with E-state index < -0.39 is 0 Å². The summed E-state index contributed by atoms with van der Waals surface area (Å²) in [6.07, 6.45) is 5.30. The second kappa shape index (κ2) is 5.84. The lowest BCUT2D eigenvalue weighted by atomic mass is 10.2. The highest BCUT2D eigenvalue weighted by Gasteiger charge is 2.12. The molecular weight excluding hydrogens is 288 g/mol. The molecule has 0 aliphatic carbocycles. The van der Waals surface area contributed by atoms with Crippen molar-refractivity contribution in [2.45, 2.75) is 6.54 Å². The number of nitrogens with zero attached hydrogens (tertiary/aromatic N) is 4. The Kier molecular flexibility index (Phi) is 3.40. The normalized spacial score (nSPS) is 10.8. The van der Waals surface area contributed by atoms with Crippen LogP contribution >= 0.6 is 0 Å². The molecule has 23 heavy (non-hydrogen) atoms. The lowest BCUT2D eigenvalue weighted by molar-refractivity contribution is 1.06. The number of nitrogens with one attached hydrogen (secondary N) is 2. The van der Waals surface area contributed by atoms with Gasteiger partial charge in [-0.15, -0.1) is 0 Å². The van der Waals surface area contributed by atoms with Crippen molar-refractivity contribution in [2.24, 2.45) is 0 Å². The van der Waals surface area contributed by atoms with Crippen molar-refractivity contribution >= 4 is 16.9 Å². The summed E-state index contributed by atoms with van der Waals surface area (Å²) in [5, 5.41) is 10.3. The zero-order valence-electron chi connectivity index (χ0n) is 12.3. The average Bonchev–Trinajstić information content (AvgIpc) is 3.14. The molecule has 2 N–H and O–H groups in total. The van der Waals surface area contributed by atoms with E-state index in [2.05, 4.69) is 20.5 Å². The van der Waals surface area contributed by atoms with Gasteiger partial charge in [0.1, 0.15) is 5.69 Å². The molecule has 0 unspecified atom stereocenters. The zero-order valence-corrected chi connectivity index (χ0v) is 12.3.